The van der Waals surface area contributed by atoms with Gasteiger partial charge in [0.05, 0.1) is 29.9 Å². The minimum Gasteiger partial charge on any atom is -0.495 e. The molecule has 1 heterocycles. The normalized spacial score (nSPS) is 10.7. The van der Waals surface area contributed by atoms with Crippen molar-refractivity contribution in [1.82, 2.24) is 9.88 Å². The molecule has 0 saturated heterocycles. The fraction of sp³-hybridized carbons (Fsp3) is 0.0800. The molecule has 0 aliphatic heterocycles. The third kappa shape index (κ3) is 4.62. The number of para-hydroxylation sites is 2. The van der Waals surface area contributed by atoms with Crippen LogP contribution in [0.25, 0.3) is 16.5 Å². The van der Waals surface area contributed by atoms with Crippen LogP contribution in [0.4, 0.5) is 10.1 Å². The number of fused-ring (bicyclic) bond motifs is 1. The number of rotatable bonds is 6. The molecule has 3 aromatic carbocycles. The van der Waals surface area contributed by atoms with E-state index in [-0.39, 0.29) is 22.7 Å². The SMILES string of the molecule is COc1ccccc1-n1cc(C(=O)NCC(=O)Nc2ccc(F)c(Cl)c2)c2ccccc2c1=O. The third-order valence-electron chi connectivity index (χ3n) is 5.13. The number of carbonyl (C=O) groups is 2. The van der Waals surface area contributed by atoms with Crippen molar-refractivity contribution < 1.29 is 18.7 Å². The smallest absolute Gasteiger partial charge is 0.263 e. The van der Waals surface area contributed by atoms with Crippen molar-refractivity contribution in [3.05, 3.63) is 99.7 Å². The highest BCUT2D eigenvalue weighted by molar-refractivity contribution is 6.31. The van der Waals surface area contributed by atoms with E-state index in [0.717, 1.165) is 6.07 Å². The van der Waals surface area contributed by atoms with Gasteiger partial charge in [-0.1, -0.05) is 41.9 Å². The summed E-state index contributed by atoms with van der Waals surface area (Å²) in [5.41, 5.74) is 0.655. The number of nitrogens with zero attached hydrogens (tertiary/aromatic N) is 1. The molecule has 34 heavy (non-hydrogen) atoms. The third-order valence-corrected chi connectivity index (χ3v) is 5.42. The zero-order valence-corrected chi connectivity index (χ0v) is 18.7. The van der Waals surface area contributed by atoms with Gasteiger partial charge in [0.2, 0.25) is 5.91 Å². The standard InChI is InChI=1S/C25H19ClFN3O4/c1-34-22-9-5-4-8-21(22)30-14-18(16-6-2-3-7-17(16)25(30)33)24(32)28-13-23(31)29-15-10-11-20(27)19(26)12-15/h2-12,14H,13H2,1H3,(H,28,32)(H,29,31). The van der Waals surface area contributed by atoms with E-state index < -0.39 is 17.6 Å². The first kappa shape index (κ1) is 23.0. The molecule has 2 amide bonds. The lowest BCUT2D eigenvalue weighted by molar-refractivity contribution is -0.115. The number of hydrogen-bond acceptors (Lipinski definition) is 4. The van der Waals surface area contributed by atoms with Gasteiger partial charge in [0.25, 0.3) is 11.5 Å². The molecule has 0 aliphatic carbocycles. The highest BCUT2D eigenvalue weighted by Gasteiger charge is 2.18. The second-order valence-corrected chi connectivity index (χ2v) is 7.70. The van der Waals surface area contributed by atoms with Crippen LogP contribution in [0.2, 0.25) is 5.02 Å². The van der Waals surface area contributed by atoms with Gasteiger partial charge >= 0.3 is 0 Å². The van der Waals surface area contributed by atoms with E-state index in [1.165, 1.54) is 30.0 Å². The number of hydrogen-bond donors (Lipinski definition) is 2. The lowest BCUT2D eigenvalue weighted by atomic mass is 10.1. The summed E-state index contributed by atoms with van der Waals surface area (Å²) in [6.45, 7) is -0.351. The molecule has 4 aromatic rings. The number of aromatic nitrogens is 1. The Kier molecular flexibility index (Phi) is 6.60. The number of amides is 2. The van der Waals surface area contributed by atoms with E-state index in [0.29, 0.717) is 27.9 Å². The average Bonchev–Trinajstić information content (AvgIpc) is 2.85. The molecule has 0 radical (unpaired) electrons. The molecule has 9 heteroatoms. The summed E-state index contributed by atoms with van der Waals surface area (Å²) in [6, 6.07) is 17.4. The van der Waals surface area contributed by atoms with Crippen LogP contribution in [-0.2, 0) is 4.79 Å². The van der Waals surface area contributed by atoms with Gasteiger partial charge in [0.1, 0.15) is 11.6 Å². The van der Waals surface area contributed by atoms with Crippen molar-refractivity contribution in [3.63, 3.8) is 0 Å². The van der Waals surface area contributed by atoms with Crippen LogP contribution in [0.5, 0.6) is 5.75 Å². The molecule has 0 aliphatic rings. The van der Waals surface area contributed by atoms with Crippen molar-refractivity contribution in [2.24, 2.45) is 0 Å². The zero-order valence-electron chi connectivity index (χ0n) is 18.0. The summed E-state index contributed by atoms with van der Waals surface area (Å²) >= 11 is 5.73. The largest absolute Gasteiger partial charge is 0.495 e. The number of halogens is 2. The van der Waals surface area contributed by atoms with Gasteiger partial charge in [0.15, 0.2) is 0 Å². The fourth-order valence-corrected chi connectivity index (χ4v) is 3.70. The summed E-state index contributed by atoms with van der Waals surface area (Å²) in [5.74, 6) is -1.22. The minimum atomic E-state index is -0.606. The van der Waals surface area contributed by atoms with Crippen LogP contribution < -0.4 is 20.9 Å². The topological polar surface area (TPSA) is 89.4 Å². The van der Waals surface area contributed by atoms with E-state index in [4.69, 9.17) is 16.3 Å². The summed E-state index contributed by atoms with van der Waals surface area (Å²) in [6.07, 6.45) is 1.43. The van der Waals surface area contributed by atoms with Crippen molar-refractivity contribution in [1.29, 1.82) is 0 Å². The monoisotopic (exact) mass is 479 g/mol. The highest BCUT2D eigenvalue weighted by atomic mass is 35.5. The van der Waals surface area contributed by atoms with Gasteiger partial charge in [-0.2, -0.15) is 0 Å². The Bertz CT molecular complexity index is 1470. The number of ether oxygens (including phenoxy) is 1. The first-order valence-electron chi connectivity index (χ1n) is 10.2. The van der Waals surface area contributed by atoms with Gasteiger partial charge < -0.3 is 15.4 Å². The van der Waals surface area contributed by atoms with Crippen LogP contribution in [0, 0.1) is 5.82 Å². The molecule has 0 atom stereocenters. The van der Waals surface area contributed by atoms with E-state index in [1.807, 2.05) is 0 Å². The second kappa shape index (κ2) is 9.76. The number of nitrogens with one attached hydrogen (secondary N) is 2. The molecule has 4 rings (SSSR count). The lowest BCUT2D eigenvalue weighted by Crippen LogP contribution is -2.34. The molecular formula is C25H19ClFN3O4. The summed E-state index contributed by atoms with van der Waals surface area (Å²) in [4.78, 5) is 38.5. The molecule has 172 valence electrons. The second-order valence-electron chi connectivity index (χ2n) is 7.30. The lowest BCUT2D eigenvalue weighted by Gasteiger charge is -2.15. The molecule has 0 bridgehead atoms. The highest BCUT2D eigenvalue weighted by Crippen LogP contribution is 2.24. The molecule has 0 unspecified atom stereocenters. The maximum absolute atomic E-state index is 13.3. The Labute approximate surface area is 198 Å². The Morgan fingerprint density at radius 1 is 1.03 bits per heavy atom. The van der Waals surface area contributed by atoms with Gasteiger partial charge in [-0.15, -0.1) is 0 Å². The summed E-state index contributed by atoms with van der Waals surface area (Å²) in [5, 5.41) is 5.75. The predicted octanol–water partition coefficient (Wildman–Crippen LogP) is 4.16. The molecule has 7 nitrogen and oxygen atoms in total. The van der Waals surface area contributed by atoms with Crippen LogP contribution >= 0.6 is 11.6 Å². The summed E-state index contributed by atoms with van der Waals surface area (Å²) in [7, 11) is 1.49. The molecule has 2 N–H and O–H groups in total. The zero-order chi connectivity index (χ0) is 24.2. The average molecular weight is 480 g/mol. The van der Waals surface area contributed by atoms with Gasteiger partial charge in [-0.3, -0.25) is 19.0 Å². The first-order chi connectivity index (χ1) is 16.4. The molecule has 0 spiro atoms. The Morgan fingerprint density at radius 2 is 1.74 bits per heavy atom. The maximum atomic E-state index is 13.3. The van der Waals surface area contributed by atoms with Gasteiger partial charge in [-0.05, 0) is 36.4 Å². The van der Waals surface area contributed by atoms with Crippen LogP contribution in [0.1, 0.15) is 10.4 Å². The predicted molar refractivity (Wildman–Crippen MR) is 128 cm³/mol. The summed E-state index contributed by atoms with van der Waals surface area (Å²) < 4.78 is 20.0. The van der Waals surface area contributed by atoms with Crippen molar-refractivity contribution in [2.75, 3.05) is 19.0 Å². The van der Waals surface area contributed by atoms with Gasteiger partial charge in [0, 0.05) is 22.7 Å². The van der Waals surface area contributed by atoms with E-state index in [2.05, 4.69) is 10.6 Å². The number of anilines is 1. The van der Waals surface area contributed by atoms with Crippen molar-refractivity contribution in [2.45, 2.75) is 0 Å². The van der Waals surface area contributed by atoms with E-state index >= 15 is 0 Å². The number of methoxy groups -OCH3 is 1. The molecule has 0 fully saturated rings. The molecule has 0 saturated carbocycles. The quantitative estimate of drug-likeness (QED) is 0.434. The minimum absolute atomic E-state index is 0.132. The number of carbonyl (C=O) groups excluding carboxylic acids is 2. The van der Waals surface area contributed by atoms with Crippen LogP contribution in [0.3, 0.4) is 0 Å². The van der Waals surface area contributed by atoms with Crippen LogP contribution in [-0.4, -0.2) is 30.0 Å². The maximum Gasteiger partial charge on any atom is 0.263 e. The number of pyridine rings is 1. The Morgan fingerprint density at radius 3 is 2.47 bits per heavy atom. The molecule has 1 aromatic heterocycles. The Balaban J connectivity index is 1.63. The number of benzene rings is 3. The van der Waals surface area contributed by atoms with E-state index in [1.54, 1.807) is 48.5 Å². The van der Waals surface area contributed by atoms with Crippen LogP contribution in [0.15, 0.2) is 77.7 Å². The fourth-order valence-electron chi connectivity index (χ4n) is 3.52. The van der Waals surface area contributed by atoms with Crippen molar-refractivity contribution in [3.8, 4) is 11.4 Å². The van der Waals surface area contributed by atoms with Gasteiger partial charge in [-0.25, -0.2) is 4.39 Å². The van der Waals surface area contributed by atoms with E-state index in [9.17, 15) is 18.8 Å². The van der Waals surface area contributed by atoms with Crippen molar-refractivity contribution >= 4 is 39.9 Å². The first-order valence-corrected chi connectivity index (χ1v) is 10.6. The molecular weight excluding hydrogens is 461 g/mol. The Hall–Kier alpha value is -4.17.